The summed E-state index contributed by atoms with van der Waals surface area (Å²) in [5.74, 6) is -0.429. The highest BCUT2D eigenvalue weighted by Gasteiger charge is 1.99. The molecular weight excluding hydrogens is 430 g/mol. The van der Waals surface area contributed by atoms with Crippen molar-refractivity contribution in [2.24, 2.45) is 0 Å². The molecule has 0 heterocycles. The normalized spacial score (nSPS) is 11.5. The molecule has 0 saturated heterocycles. The van der Waals surface area contributed by atoms with Crippen LogP contribution in [0, 0.1) is 11.6 Å². The zero-order chi connectivity index (χ0) is 22.9. The Balaban J connectivity index is 1.27. The molecule has 0 bridgehead atoms. The van der Waals surface area contributed by atoms with Crippen molar-refractivity contribution in [3.8, 4) is 0 Å². The van der Waals surface area contributed by atoms with E-state index in [-0.39, 0.29) is 11.6 Å². The van der Waals surface area contributed by atoms with Crippen LogP contribution < -0.4 is 0 Å². The van der Waals surface area contributed by atoms with Crippen molar-refractivity contribution >= 4 is 23.9 Å². The fraction of sp³-hybridized carbons (Fsp3) is 0.0667. The minimum atomic E-state index is -0.214. The maximum Gasteiger partial charge on any atom is 0.123 e. The first-order valence-electron chi connectivity index (χ1n) is 10.8. The number of allylic oxidation sites excluding steroid dienone is 2. The number of rotatable bonds is 8. The molecular formula is C30H24F2S. The third-order valence-corrected chi connectivity index (χ3v) is 6.17. The molecule has 33 heavy (non-hydrogen) atoms. The summed E-state index contributed by atoms with van der Waals surface area (Å²) in [7, 11) is 0. The average molecular weight is 455 g/mol. The summed E-state index contributed by atoms with van der Waals surface area (Å²) in [5.41, 5.74) is 4.47. The van der Waals surface area contributed by atoms with Gasteiger partial charge in [-0.05, 0) is 83.6 Å². The average Bonchev–Trinajstić information content (AvgIpc) is 2.84. The summed E-state index contributed by atoms with van der Waals surface area (Å²) in [6, 6.07) is 30.2. The molecule has 0 nitrogen and oxygen atoms in total. The van der Waals surface area contributed by atoms with Gasteiger partial charge < -0.3 is 0 Å². The molecule has 0 aliphatic rings. The minimum Gasteiger partial charge on any atom is -0.207 e. The molecule has 4 rings (SSSR count). The first-order valence-corrected chi connectivity index (χ1v) is 11.7. The Morgan fingerprint density at radius 1 is 0.485 bits per heavy atom. The van der Waals surface area contributed by atoms with E-state index in [1.165, 1.54) is 45.2 Å². The molecule has 0 atom stereocenters. The van der Waals surface area contributed by atoms with Gasteiger partial charge in [-0.2, -0.15) is 0 Å². The van der Waals surface area contributed by atoms with Crippen LogP contribution in [-0.2, 0) is 12.8 Å². The predicted octanol–water partition coefficient (Wildman–Crippen LogP) is 8.63. The van der Waals surface area contributed by atoms with E-state index in [4.69, 9.17) is 0 Å². The highest BCUT2D eigenvalue weighted by molar-refractivity contribution is 7.99. The van der Waals surface area contributed by atoms with Crippen LogP contribution in [0.4, 0.5) is 8.78 Å². The van der Waals surface area contributed by atoms with E-state index >= 15 is 0 Å². The summed E-state index contributed by atoms with van der Waals surface area (Å²) >= 11 is 1.74. The Kier molecular flexibility index (Phi) is 7.89. The molecule has 4 aromatic rings. The lowest BCUT2D eigenvalue weighted by Gasteiger charge is -2.04. The first kappa shape index (κ1) is 22.8. The van der Waals surface area contributed by atoms with E-state index in [2.05, 4.69) is 60.7 Å². The van der Waals surface area contributed by atoms with Gasteiger partial charge in [-0.15, -0.1) is 0 Å². The lowest BCUT2D eigenvalue weighted by Crippen LogP contribution is -1.83. The van der Waals surface area contributed by atoms with Crippen molar-refractivity contribution < 1.29 is 8.78 Å². The molecule has 0 unspecified atom stereocenters. The second kappa shape index (κ2) is 11.4. The molecule has 0 radical (unpaired) electrons. The third kappa shape index (κ3) is 7.30. The van der Waals surface area contributed by atoms with E-state index in [1.54, 1.807) is 36.0 Å². The molecule has 0 spiro atoms. The Labute approximate surface area is 198 Å². The number of halogens is 2. The molecule has 0 aliphatic heterocycles. The lowest BCUT2D eigenvalue weighted by atomic mass is 10.1. The molecule has 0 saturated carbocycles. The van der Waals surface area contributed by atoms with Gasteiger partial charge in [0.05, 0.1) is 0 Å². The van der Waals surface area contributed by atoms with Crippen LogP contribution in [0.5, 0.6) is 0 Å². The molecule has 0 amide bonds. The zero-order valence-electron chi connectivity index (χ0n) is 18.1. The van der Waals surface area contributed by atoms with E-state index in [9.17, 15) is 8.78 Å². The standard InChI is InChI=1S/C30H24F2S/c31-27-15-7-23(8-16-27)3-1-5-25-11-19-29(20-12-25)33-30-21-13-26(14-22-30)6-2-4-24-9-17-28(32)18-10-24/h1-4,7-22H,5-6H2/b3-1-,4-2-. The van der Waals surface area contributed by atoms with Crippen molar-refractivity contribution in [2.75, 3.05) is 0 Å². The smallest absolute Gasteiger partial charge is 0.123 e. The highest BCUT2D eigenvalue weighted by atomic mass is 32.2. The van der Waals surface area contributed by atoms with Gasteiger partial charge in [-0.25, -0.2) is 8.78 Å². The van der Waals surface area contributed by atoms with Gasteiger partial charge >= 0.3 is 0 Å². The van der Waals surface area contributed by atoms with Crippen LogP contribution in [-0.4, -0.2) is 0 Å². The number of benzene rings is 4. The molecule has 0 aromatic heterocycles. The van der Waals surface area contributed by atoms with Crippen molar-refractivity contribution in [3.63, 3.8) is 0 Å². The molecule has 4 aromatic carbocycles. The lowest BCUT2D eigenvalue weighted by molar-refractivity contribution is 0.627. The van der Waals surface area contributed by atoms with Gasteiger partial charge in [0.1, 0.15) is 11.6 Å². The SMILES string of the molecule is Fc1ccc(/C=C\Cc2ccc(Sc3ccc(C/C=C\c4ccc(F)cc4)cc3)cc2)cc1. The van der Waals surface area contributed by atoms with Gasteiger partial charge in [0.2, 0.25) is 0 Å². The van der Waals surface area contributed by atoms with Gasteiger partial charge in [-0.3, -0.25) is 0 Å². The molecule has 0 fully saturated rings. The second-order valence-corrected chi connectivity index (χ2v) is 8.85. The van der Waals surface area contributed by atoms with Crippen LogP contribution in [0.3, 0.4) is 0 Å². The zero-order valence-corrected chi connectivity index (χ0v) is 18.9. The van der Waals surface area contributed by atoms with Gasteiger partial charge in [0, 0.05) is 9.79 Å². The van der Waals surface area contributed by atoms with Crippen LogP contribution in [0.15, 0.2) is 119 Å². The van der Waals surface area contributed by atoms with E-state index in [0.29, 0.717) is 0 Å². The maximum absolute atomic E-state index is 13.0. The minimum absolute atomic E-state index is 0.214. The second-order valence-electron chi connectivity index (χ2n) is 7.71. The van der Waals surface area contributed by atoms with Crippen molar-refractivity contribution in [2.45, 2.75) is 22.6 Å². The fourth-order valence-electron chi connectivity index (χ4n) is 3.33. The summed E-state index contributed by atoms with van der Waals surface area (Å²) in [4.78, 5) is 2.40. The van der Waals surface area contributed by atoms with Crippen LogP contribution in [0.25, 0.3) is 12.2 Å². The van der Waals surface area contributed by atoms with E-state index in [1.807, 2.05) is 12.2 Å². The Hall–Kier alpha value is -3.43. The van der Waals surface area contributed by atoms with E-state index in [0.717, 1.165) is 24.0 Å². The van der Waals surface area contributed by atoms with Crippen LogP contribution in [0.2, 0.25) is 0 Å². The topological polar surface area (TPSA) is 0 Å². The molecule has 164 valence electrons. The summed E-state index contributed by atoms with van der Waals surface area (Å²) in [6.07, 6.45) is 9.89. The highest BCUT2D eigenvalue weighted by Crippen LogP contribution is 2.28. The summed E-state index contributed by atoms with van der Waals surface area (Å²) in [6.45, 7) is 0. The van der Waals surface area contributed by atoms with Crippen molar-refractivity contribution in [3.05, 3.63) is 143 Å². The first-order chi connectivity index (χ1) is 16.1. The number of hydrogen-bond acceptors (Lipinski definition) is 1. The van der Waals surface area contributed by atoms with Crippen molar-refractivity contribution in [1.29, 1.82) is 0 Å². The Morgan fingerprint density at radius 3 is 1.21 bits per heavy atom. The Morgan fingerprint density at radius 2 is 0.848 bits per heavy atom. The summed E-state index contributed by atoms with van der Waals surface area (Å²) in [5, 5.41) is 0. The number of hydrogen-bond donors (Lipinski definition) is 0. The van der Waals surface area contributed by atoms with Crippen molar-refractivity contribution in [1.82, 2.24) is 0 Å². The fourth-order valence-corrected chi connectivity index (χ4v) is 4.15. The third-order valence-electron chi connectivity index (χ3n) is 5.15. The maximum atomic E-state index is 13.0. The molecule has 3 heteroatoms. The Bertz CT molecular complexity index is 1110. The quantitative estimate of drug-likeness (QED) is 0.257. The monoisotopic (exact) mass is 454 g/mol. The van der Waals surface area contributed by atoms with E-state index < -0.39 is 0 Å². The van der Waals surface area contributed by atoms with Crippen LogP contribution in [0.1, 0.15) is 22.3 Å². The van der Waals surface area contributed by atoms with Crippen LogP contribution >= 0.6 is 11.8 Å². The predicted molar refractivity (Wildman–Crippen MR) is 135 cm³/mol. The van der Waals surface area contributed by atoms with Gasteiger partial charge in [0.15, 0.2) is 0 Å². The molecule has 0 N–H and O–H groups in total. The summed E-state index contributed by atoms with van der Waals surface area (Å²) < 4.78 is 25.9. The van der Waals surface area contributed by atoms with Gasteiger partial charge in [-0.1, -0.05) is 84.6 Å². The van der Waals surface area contributed by atoms with Gasteiger partial charge in [0.25, 0.3) is 0 Å². The molecule has 0 aliphatic carbocycles. The largest absolute Gasteiger partial charge is 0.207 e.